The van der Waals surface area contributed by atoms with Gasteiger partial charge in [0.05, 0.1) is 16.2 Å². The van der Waals surface area contributed by atoms with E-state index in [1.54, 1.807) is 11.7 Å². The van der Waals surface area contributed by atoms with Crippen molar-refractivity contribution >= 4 is 58.2 Å². The second-order valence-corrected chi connectivity index (χ2v) is 8.24. The molecule has 0 unspecified atom stereocenters. The molecule has 2 saturated heterocycles. The van der Waals surface area contributed by atoms with Gasteiger partial charge in [0.2, 0.25) is 11.8 Å². The molecule has 0 spiro atoms. The topological polar surface area (TPSA) is 70.5 Å². The van der Waals surface area contributed by atoms with Crippen LogP contribution in [0.4, 0.5) is 11.5 Å². The third-order valence-corrected chi connectivity index (χ3v) is 6.39. The lowest BCUT2D eigenvalue weighted by molar-refractivity contribution is -0.129. The van der Waals surface area contributed by atoms with E-state index in [-0.39, 0.29) is 24.2 Å². The van der Waals surface area contributed by atoms with Crippen molar-refractivity contribution in [2.45, 2.75) is 38.6 Å². The number of hydrogen-bond donors (Lipinski definition) is 1. The Labute approximate surface area is 181 Å². The molecule has 7 nitrogen and oxygen atoms in total. The number of halogens is 2. The molecule has 2 amide bonds. The molecule has 1 aromatic heterocycles. The number of carbonyl (C=O) groups excluding carboxylic acids is 2. The number of benzene rings is 1. The van der Waals surface area contributed by atoms with Crippen LogP contribution in [0.25, 0.3) is 10.9 Å². The molecule has 0 saturated carbocycles. The average molecular weight is 440 g/mol. The summed E-state index contributed by atoms with van der Waals surface area (Å²) in [6.45, 7) is 4.23. The lowest BCUT2D eigenvalue weighted by Crippen LogP contribution is -2.47. The summed E-state index contributed by atoms with van der Waals surface area (Å²) in [5.41, 5.74) is 1.69. The molecule has 2 aliphatic heterocycles. The molecule has 2 aliphatic rings. The summed E-state index contributed by atoms with van der Waals surface area (Å²) < 4.78 is 1.67. The van der Waals surface area contributed by atoms with Gasteiger partial charge in [-0.1, -0.05) is 18.5 Å². The summed E-state index contributed by atoms with van der Waals surface area (Å²) in [4.78, 5) is 28.2. The Hall–Kier alpha value is -1.83. The molecular weight excluding hydrogens is 413 g/mol. The first kappa shape index (κ1) is 21.9. The Balaban J connectivity index is 0.00000240. The summed E-state index contributed by atoms with van der Waals surface area (Å²) in [6, 6.07) is 4.30. The third kappa shape index (κ3) is 3.71. The summed E-state index contributed by atoms with van der Waals surface area (Å²) in [7, 11) is 3.88. The van der Waals surface area contributed by atoms with E-state index >= 15 is 0 Å². The normalized spacial score (nSPS) is 22.7. The fourth-order valence-electron chi connectivity index (χ4n) is 4.48. The number of aromatic nitrogens is 2. The first-order valence-electron chi connectivity index (χ1n) is 9.84. The van der Waals surface area contributed by atoms with E-state index in [9.17, 15) is 9.59 Å². The largest absolute Gasteiger partial charge is 0.370 e. The molecule has 4 rings (SSSR count). The minimum Gasteiger partial charge on any atom is -0.370 e. The molecule has 9 heteroatoms. The van der Waals surface area contributed by atoms with Crippen LogP contribution in [0.2, 0.25) is 5.02 Å². The van der Waals surface area contributed by atoms with Crippen molar-refractivity contribution < 1.29 is 9.59 Å². The Bertz CT molecular complexity index is 929. The van der Waals surface area contributed by atoms with Gasteiger partial charge in [-0.3, -0.25) is 14.3 Å². The molecule has 0 aliphatic carbocycles. The number of imide groups is 1. The van der Waals surface area contributed by atoms with Gasteiger partial charge < -0.3 is 10.2 Å². The molecule has 29 heavy (non-hydrogen) atoms. The van der Waals surface area contributed by atoms with Crippen LogP contribution in [0, 0.1) is 5.92 Å². The highest BCUT2D eigenvalue weighted by molar-refractivity contribution is 6.38. The number of anilines is 2. The van der Waals surface area contributed by atoms with Crippen LogP contribution in [0.15, 0.2) is 12.1 Å². The number of piperidine rings is 2. The predicted octanol–water partition coefficient (Wildman–Crippen LogP) is 3.13. The van der Waals surface area contributed by atoms with Gasteiger partial charge in [0, 0.05) is 38.4 Å². The fraction of sp³-hybridized carbons (Fsp3) is 0.550. The zero-order valence-corrected chi connectivity index (χ0v) is 18.5. The monoisotopic (exact) mass is 439 g/mol. The highest BCUT2D eigenvalue weighted by atomic mass is 35.5. The lowest BCUT2D eigenvalue weighted by atomic mass is 9.93. The first-order valence-corrected chi connectivity index (χ1v) is 10.2. The highest BCUT2D eigenvalue weighted by Gasteiger charge is 2.32. The SMILES string of the molecule is C[C@@H]1CNCC[C@H]1N(C)c1ccc2c(N3C(=O)CCCC3=O)nn(C)c2c1Cl.Cl. The molecule has 0 bridgehead atoms. The van der Waals surface area contributed by atoms with Crippen molar-refractivity contribution in [3.8, 4) is 0 Å². The molecule has 3 heterocycles. The van der Waals surface area contributed by atoms with Crippen molar-refractivity contribution in [3.05, 3.63) is 17.2 Å². The standard InChI is InChI=1S/C20H26ClN5O2.ClH/c1-12-11-22-10-9-14(12)24(2)15-8-7-13-19(18(15)21)25(3)23-20(13)26-16(27)5-4-6-17(26)28;/h7-8,12,14,22H,4-6,9-11H2,1-3H3;1H/t12-,14-;/m1./s1. The van der Waals surface area contributed by atoms with Crippen molar-refractivity contribution in [2.24, 2.45) is 13.0 Å². The van der Waals surface area contributed by atoms with E-state index in [0.717, 1.165) is 36.1 Å². The van der Waals surface area contributed by atoms with Gasteiger partial charge in [-0.25, -0.2) is 4.90 Å². The van der Waals surface area contributed by atoms with Crippen LogP contribution in [-0.4, -0.2) is 47.8 Å². The maximum absolute atomic E-state index is 12.4. The molecule has 1 aromatic carbocycles. The Morgan fingerprint density at radius 3 is 2.59 bits per heavy atom. The smallest absolute Gasteiger partial charge is 0.235 e. The van der Waals surface area contributed by atoms with E-state index in [4.69, 9.17) is 11.6 Å². The molecule has 2 fully saturated rings. The second kappa shape index (κ2) is 8.50. The van der Waals surface area contributed by atoms with E-state index < -0.39 is 0 Å². The van der Waals surface area contributed by atoms with E-state index in [1.165, 1.54) is 4.90 Å². The van der Waals surface area contributed by atoms with Crippen LogP contribution >= 0.6 is 24.0 Å². The van der Waals surface area contributed by atoms with Gasteiger partial charge in [-0.15, -0.1) is 12.4 Å². The Kier molecular flexibility index (Phi) is 6.41. The number of hydrogen-bond acceptors (Lipinski definition) is 5. The Morgan fingerprint density at radius 2 is 1.93 bits per heavy atom. The number of rotatable bonds is 3. The lowest BCUT2D eigenvalue weighted by Gasteiger charge is -2.38. The summed E-state index contributed by atoms with van der Waals surface area (Å²) in [5, 5.41) is 9.25. The zero-order chi connectivity index (χ0) is 20.0. The molecule has 158 valence electrons. The van der Waals surface area contributed by atoms with Crippen LogP contribution in [0.1, 0.15) is 32.6 Å². The van der Waals surface area contributed by atoms with Crippen LogP contribution in [-0.2, 0) is 16.6 Å². The fourth-order valence-corrected chi connectivity index (χ4v) is 4.90. The predicted molar refractivity (Wildman–Crippen MR) is 118 cm³/mol. The summed E-state index contributed by atoms with van der Waals surface area (Å²) in [5.74, 6) is 0.504. The number of nitrogens with zero attached hydrogens (tertiary/aromatic N) is 4. The first-order chi connectivity index (χ1) is 13.4. The van der Waals surface area contributed by atoms with E-state index in [0.29, 0.717) is 42.1 Å². The summed E-state index contributed by atoms with van der Waals surface area (Å²) >= 11 is 6.83. The average Bonchev–Trinajstić information content (AvgIpc) is 2.99. The highest BCUT2D eigenvalue weighted by Crippen LogP contribution is 2.39. The zero-order valence-electron chi connectivity index (χ0n) is 16.9. The van der Waals surface area contributed by atoms with Gasteiger partial charge in [0.15, 0.2) is 5.82 Å². The van der Waals surface area contributed by atoms with Gasteiger partial charge in [0.25, 0.3) is 0 Å². The van der Waals surface area contributed by atoms with Crippen LogP contribution in [0.5, 0.6) is 0 Å². The van der Waals surface area contributed by atoms with Crippen molar-refractivity contribution in [1.82, 2.24) is 15.1 Å². The molecule has 2 aromatic rings. The van der Waals surface area contributed by atoms with Crippen molar-refractivity contribution in [1.29, 1.82) is 0 Å². The molecule has 2 atom stereocenters. The van der Waals surface area contributed by atoms with Gasteiger partial charge >= 0.3 is 0 Å². The van der Waals surface area contributed by atoms with Crippen LogP contribution in [0.3, 0.4) is 0 Å². The third-order valence-electron chi connectivity index (χ3n) is 6.01. The number of aryl methyl sites for hydroxylation is 1. The number of carbonyl (C=O) groups is 2. The van der Waals surface area contributed by atoms with E-state index in [2.05, 4.69) is 29.3 Å². The number of nitrogens with one attached hydrogen (secondary N) is 1. The molecular formula is C20H27Cl2N5O2. The number of amides is 2. The Morgan fingerprint density at radius 1 is 1.24 bits per heavy atom. The minimum absolute atomic E-state index is 0. The minimum atomic E-state index is -0.197. The number of fused-ring (bicyclic) bond motifs is 1. The molecule has 1 N–H and O–H groups in total. The molecule has 0 radical (unpaired) electrons. The second-order valence-electron chi connectivity index (χ2n) is 7.87. The van der Waals surface area contributed by atoms with Crippen LogP contribution < -0.4 is 15.1 Å². The quantitative estimate of drug-likeness (QED) is 0.743. The maximum Gasteiger partial charge on any atom is 0.235 e. The maximum atomic E-state index is 12.4. The van der Waals surface area contributed by atoms with E-state index in [1.807, 2.05) is 12.1 Å². The summed E-state index contributed by atoms with van der Waals surface area (Å²) in [6.07, 6.45) is 2.39. The van der Waals surface area contributed by atoms with Gasteiger partial charge in [-0.05, 0) is 44.0 Å². The van der Waals surface area contributed by atoms with Gasteiger partial charge in [-0.2, -0.15) is 5.10 Å². The van der Waals surface area contributed by atoms with Crippen molar-refractivity contribution in [2.75, 3.05) is 29.9 Å². The van der Waals surface area contributed by atoms with Gasteiger partial charge in [0.1, 0.15) is 0 Å². The van der Waals surface area contributed by atoms with Crippen molar-refractivity contribution in [3.63, 3.8) is 0 Å².